The van der Waals surface area contributed by atoms with Crippen LogP contribution in [0.1, 0.15) is 24.8 Å². The number of hydrogen-bond donors (Lipinski definition) is 1. The molecule has 0 unspecified atom stereocenters. The summed E-state index contributed by atoms with van der Waals surface area (Å²) in [5.74, 6) is 0.885. The Kier molecular flexibility index (Phi) is 5.76. The minimum atomic E-state index is -0.00835. The number of nitrogens with zero attached hydrogens (tertiary/aromatic N) is 1. The maximum absolute atomic E-state index is 12.2. The number of benzene rings is 2. The number of carbonyl (C=O) groups is 2. The molecule has 2 aromatic rings. The third-order valence-corrected chi connectivity index (χ3v) is 5.21. The number of amides is 2. The third-order valence-electron chi connectivity index (χ3n) is 4.20. The van der Waals surface area contributed by atoms with Crippen LogP contribution in [0.2, 0.25) is 0 Å². The van der Waals surface area contributed by atoms with Gasteiger partial charge in [0, 0.05) is 41.4 Å². The van der Waals surface area contributed by atoms with Gasteiger partial charge in [0.1, 0.15) is 0 Å². The number of anilines is 2. The zero-order valence-corrected chi connectivity index (χ0v) is 15.1. The van der Waals surface area contributed by atoms with Crippen molar-refractivity contribution in [2.45, 2.75) is 31.1 Å². The van der Waals surface area contributed by atoms with Crippen LogP contribution in [-0.4, -0.2) is 24.1 Å². The average Bonchev–Trinajstić information content (AvgIpc) is 3.03. The molecule has 2 amide bonds. The first kappa shape index (κ1) is 17.5. The molecule has 130 valence electrons. The molecular weight excluding hydrogens is 332 g/mol. The molecule has 0 atom stereocenters. The van der Waals surface area contributed by atoms with Gasteiger partial charge in [-0.15, -0.1) is 11.8 Å². The summed E-state index contributed by atoms with van der Waals surface area (Å²) in [6.07, 6.45) is 1.95. The summed E-state index contributed by atoms with van der Waals surface area (Å²) in [6.45, 7) is 2.74. The standard InChI is InChI=1S/C20H22N2O2S/c1-15-9-10-16(14-18(15)22-12-5-8-20(22)24)21-19(23)11-13-25-17-6-3-2-4-7-17/h2-4,6-7,9-10,14H,5,8,11-13H2,1H3,(H,21,23). The van der Waals surface area contributed by atoms with Crippen molar-refractivity contribution in [1.82, 2.24) is 0 Å². The second-order valence-electron chi connectivity index (χ2n) is 6.11. The SMILES string of the molecule is Cc1ccc(NC(=O)CCSc2ccccc2)cc1N1CCCC1=O. The van der Waals surface area contributed by atoms with Gasteiger partial charge in [-0.1, -0.05) is 24.3 Å². The van der Waals surface area contributed by atoms with Gasteiger partial charge in [-0.25, -0.2) is 0 Å². The van der Waals surface area contributed by atoms with Crippen LogP contribution in [0.25, 0.3) is 0 Å². The van der Waals surface area contributed by atoms with Crippen molar-refractivity contribution in [3.8, 4) is 0 Å². The molecule has 3 rings (SSSR count). The van der Waals surface area contributed by atoms with Crippen molar-refractivity contribution in [2.75, 3.05) is 22.5 Å². The lowest BCUT2D eigenvalue weighted by molar-refractivity contribution is -0.117. The van der Waals surface area contributed by atoms with Crippen LogP contribution in [0.15, 0.2) is 53.4 Å². The fourth-order valence-electron chi connectivity index (χ4n) is 2.88. The third kappa shape index (κ3) is 4.63. The van der Waals surface area contributed by atoms with Gasteiger partial charge in [-0.05, 0) is 43.2 Å². The van der Waals surface area contributed by atoms with E-state index in [2.05, 4.69) is 5.32 Å². The zero-order chi connectivity index (χ0) is 17.6. The molecule has 2 aromatic carbocycles. The summed E-state index contributed by atoms with van der Waals surface area (Å²) in [4.78, 5) is 27.1. The van der Waals surface area contributed by atoms with E-state index in [1.807, 2.05) is 60.4 Å². The number of nitrogens with one attached hydrogen (secondary N) is 1. The lowest BCUT2D eigenvalue weighted by atomic mass is 10.1. The Bertz CT molecular complexity index is 762. The molecule has 5 heteroatoms. The van der Waals surface area contributed by atoms with Crippen molar-refractivity contribution in [3.05, 3.63) is 54.1 Å². The molecular formula is C20H22N2O2S. The Labute approximate surface area is 152 Å². The van der Waals surface area contributed by atoms with Crippen LogP contribution in [0.3, 0.4) is 0 Å². The molecule has 0 bridgehead atoms. The van der Waals surface area contributed by atoms with Crippen LogP contribution >= 0.6 is 11.8 Å². The molecule has 1 heterocycles. The maximum Gasteiger partial charge on any atom is 0.227 e. The van der Waals surface area contributed by atoms with Crippen molar-refractivity contribution < 1.29 is 9.59 Å². The highest BCUT2D eigenvalue weighted by molar-refractivity contribution is 7.99. The zero-order valence-electron chi connectivity index (χ0n) is 14.3. The van der Waals surface area contributed by atoms with E-state index in [0.717, 1.165) is 35.7 Å². The Balaban J connectivity index is 1.57. The Morgan fingerprint density at radius 3 is 2.72 bits per heavy atom. The predicted molar refractivity (Wildman–Crippen MR) is 103 cm³/mol. The van der Waals surface area contributed by atoms with Crippen LogP contribution in [0.4, 0.5) is 11.4 Å². The molecule has 1 fully saturated rings. The van der Waals surface area contributed by atoms with E-state index in [4.69, 9.17) is 0 Å². The monoisotopic (exact) mass is 354 g/mol. The average molecular weight is 354 g/mol. The van der Waals surface area contributed by atoms with E-state index in [9.17, 15) is 9.59 Å². The quantitative estimate of drug-likeness (QED) is 0.789. The fraction of sp³-hybridized carbons (Fsp3) is 0.300. The van der Waals surface area contributed by atoms with E-state index in [1.165, 1.54) is 4.90 Å². The van der Waals surface area contributed by atoms with Crippen LogP contribution in [0.5, 0.6) is 0 Å². The second kappa shape index (κ2) is 8.21. The fourth-order valence-corrected chi connectivity index (χ4v) is 3.76. The highest BCUT2D eigenvalue weighted by atomic mass is 32.2. The van der Waals surface area contributed by atoms with Gasteiger partial charge in [0.05, 0.1) is 0 Å². The molecule has 0 spiro atoms. The van der Waals surface area contributed by atoms with Crippen molar-refractivity contribution in [1.29, 1.82) is 0 Å². The van der Waals surface area contributed by atoms with E-state index in [-0.39, 0.29) is 11.8 Å². The number of carbonyl (C=O) groups excluding carboxylic acids is 2. The largest absolute Gasteiger partial charge is 0.326 e. The number of thioether (sulfide) groups is 1. The Hall–Kier alpha value is -2.27. The topological polar surface area (TPSA) is 49.4 Å². The Morgan fingerprint density at radius 2 is 2.00 bits per heavy atom. The molecule has 0 saturated carbocycles. The van der Waals surface area contributed by atoms with E-state index in [0.29, 0.717) is 12.8 Å². The van der Waals surface area contributed by atoms with Gasteiger partial charge < -0.3 is 10.2 Å². The smallest absolute Gasteiger partial charge is 0.227 e. The summed E-state index contributed by atoms with van der Waals surface area (Å²) in [7, 11) is 0. The first-order valence-electron chi connectivity index (χ1n) is 8.52. The van der Waals surface area contributed by atoms with Gasteiger partial charge in [-0.3, -0.25) is 9.59 Å². The van der Waals surface area contributed by atoms with E-state index < -0.39 is 0 Å². The van der Waals surface area contributed by atoms with E-state index in [1.54, 1.807) is 11.8 Å². The summed E-state index contributed by atoms with van der Waals surface area (Å²) in [5, 5.41) is 2.94. The van der Waals surface area contributed by atoms with Crippen molar-refractivity contribution >= 4 is 35.0 Å². The van der Waals surface area contributed by atoms with Gasteiger partial charge >= 0.3 is 0 Å². The summed E-state index contributed by atoms with van der Waals surface area (Å²) >= 11 is 1.67. The lowest BCUT2D eigenvalue weighted by Crippen LogP contribution is -2.24. The highest BCUT2D eigenvalue weighted by Gasteiger charge is 2.23. The lowest BCUT2D eigenvalue weighted by Gasteiger charge is -2.19. The molecule has 4 nitrogen and oxygen atoms in total. The summed E-state index contributed by atoms with van der Waals surface area (Å²) in [5.41, 5.74) is 2.70. The van der Waals surface area contributed by atoms with Gasteiger partial charge in [-0.2, -0.15) is 0 Å². The van der Waals surface area contributed by atoms with Crippen molar-refractivity contribution in [3.63, 3.8) is 0 Å². The highest BCUT2D eigenvalue weighted by Crippen LogP contribution is 2.28. The minimum absolute atomic E-state index is 0.00835. The van der Waals surface area contributed by atoms with Crippen LogP contribution in [0, 0.1) is 6.92 Å². The summed E-state index contributed by atoms with van der Waals surface area (Å²) in [6, 6.07) is 15.8. The summed E-state index contributed by atoms with van der Waals surface area (Å²) < 4.78 is 0. The molecule has 1 saturated heterocycles. The first-order chi connectivity index (χ1) is 12.1. The molecule has 0 radical (unpaired) electrons. The molecule has 1 N–H and O–H groups in total. The maximum atomic E-state index is 12.2. The minimum Gasteiger partial charge on any atom is -0.326 e. The van der Waals surface area contributed by atoms with Crippen LogP contribution in [-0.2, 0) is 9.59 Å². The molecule has 0 aromatic heterocycles. The Morgan fingerprint density at radius 1 is 1.20 bits per heavy atom. The first-order valence-corrected chi connectivity index (χ1v) is 9.51. The second-order valence-corrected chi connectivity index (χ2v) is 7.28. The van der Waals surface area contributed by atoms with Gasteiger partial charge in [0.15, 0.2) is 0 Å². The molecule has 1 aliphatic heterocycles. The molecule has 1 aliphatic rings. The number of hydrogen-bond acceptors (Lipinski definition) is 3. The number of rotatable bonds is 6. The normalized spacial score (nSPS) is 14.0. The predicted octanol–water partition coefficient (Wildman–Crippen LogP) is 4.24. The van der Waals surface area contributed by atoms with Crippen LogP contribution < -0.4 is 10.2 Å². The molecule has 0 aliphatic carbocycles. The van der Waals surface area contributed by atoms with Crippen molar-refractivity contribution in [2.24, 2.45) is 0 Å². The van der Waals surface area contributed by atoms with E-state index >= 15 is 0 Å². The molecule has 25 heavy (non-hydrogen) atoms. The number of aryl methyl sites for hydroxylation is 1. The van der Waals surface area contributed by atoms with Gasteiger partial charge in [0.2, 0.25) is 11.8 Å². The van der Waals surface area contributed by atoms with Gasteiger partial charge in [0.25, 0.3) is 0 Å².